The second-order valence-corrected chi connectivity index (χ2v) is 3.90. The van der Waals surface area contributed by atoms with Gasteiger partial charge < -0.3 is 15.1 Å². The minimum Gasteiger partial charge on any atom is -0.357 e. The Morgan fingerprint density at radius 3 is 2.31 bits per heavy atom. The summed E-state index contributed by atoms with van der Waals surface area (Å²) in [5, 5.41) is 2.51. The zero-order chi connectivity index (χ0) is 12.7. The Morgan fingerprint density at radius 1 is 1.31 bits per heavy atom. The molecule has 5 nitrogen and oxygen atoms in total. The quantitative estimate of drug-likeness (QED) is 0.656. The fraction of sp³-hybridized carbons (Fsp3) is 0.636. The maximum atomic E-state index is 11.6. The molecule has 0 fully saturated rings. The van der Waals surface area contributed by atoms with Crippen LogP contribution in [0.4, 0.5) is 0 Å². The van der Waals surface area contributed by atoms with Crippen molar-refractivity contribution in [2.75, 3.05) is 34.7 Å². The fourth-order valence-corrected chi connectivity index (χ4v) is 1.06. The van der Waals surface area contributed by atoms with Gasteiger partial charge >= 0.3 is 0 Å². The van der Waals surface area contributed by atoms with Crippen LogP contribution in [0.2, 0.25) is 0 Å². The zero-order valence-electron chi connectivity index (χ0n) is 10.7. The normalized spacial score (nSPS) is 12.9. The lowest BCUT2D eigenvalue weighted by Crippen LogP contribution is -2.44. The summed E-state index contributed by atoms with van der Waals surface area (Å²) >= 11 is 0. The van der Waals surface area contributed by atoms with Gasteiger partial charge in [-0.1, -0.05) is 6.08 Å². The van der Waals surface area contributed by atoms with Gasteiger partial charge in [-0.3, -0.25) is 9.59 Å². The second-order valence-electron chi connectivity index (χ2n) is 3.90. The Kier molecular flexibility index (Phi) is 6.41. The highest BCUT2D eigenvalue weighted by Crippen LogP contribution is 1.97. The van der Waals surface area contributed by atoms with Crippen molar-refractivity contribution in [3.05, 3.63) is 12.2 Å². The number of amides is 2. The molecule has 0 aliphatic carbocycles. The molecule has 0 spiro atoms. The smallest absolute Gasteiger partial charge is 0.246 e. The van der Waals surface area contributed by atoms with Crippen LogP contribution in [0.1, 0.15) is 6.92 Å². The van der Waals surface area contributed by atoms with Gasteiger partial charge in [0.2, 0.25) is 11.8 Å². The molecule has 1 unspecified atom stereocenters. The molecule has 0 saturated carbocycles. The highest BCUT2D eigenvalue weighted by atomic mass is 16.2. The van der Waals surface area contributed by atoms with Crippen LogP contribution in [0.25, 0.3) is 0 Å². The van der Waals surface area contributed by atoms with E-state index in [1.54, 1.807) is 27.1 Å². The average Bonchev–Trinajstić information content (AvgIpc) is 2.25. The molecule has 1 N–H and O–H groups in total. The number of hydrogen-bond acceptors (Lipinski definition) is 3. The SMILES string of the molecule is CNC(=O)C(C)N(C)C(=O)/C=C/CN(C)C. The number of rotatable bonds is 5. The second kappa shape index (κ2) is 7.00. The van der Waals surface area contributed by atoms with Crippen LogP contribution in [-0.4, -0.2) is 62.4 Å². The lowest BCUT2D eigenvalue weighted by atomic mass is 10.2. The highest BCUT2D eigenvalue weighted by Gasteiger charge is 2.19. The van der Waals surface area contributed by atoms with E-state index < -0.39 is 6.04 Å². The lowest BCUT2D eigenvalue weighted by molar-refractivity contribution is -0.134. The molecule has 0 rings (SSSR count). The molecule has 16 heavy (non-hydrogen) atoms. The Labute approximate surface area is 97.1 Å². The molecular formula is C11H21N3O2. The van der Waals surface area contributed by atoms with E-state index in [0.717, 1.165) is 0 Å². The third kappa shape index (κ3) is 4.93. The van der Waals surface area contributed by atoms with Crippen LogP contribution in [0.3, 0.4) is 0 Å². The van der Waals surface area contributed by atoms with E-state index in [-0.39, 0.29) is 11.8 Å². The molecule has 0 aromatic heterocycles. The Hall–Kier alpha value is -1.36. The van der Waals surface area contributed by atoms with Gasteiger partial charge in [-0.2, -0.15) is 0 Å². The van der Waals surface area contributed by atoms with Crippen molar-refractivity contribution in [2.45, 2.75) is 13.0 Å². The molecule has 0 heterocycles. The van der Waals surface area contributed by atoms with Crippen LogP contribution >= 0.6 is 0 Å². The Balaban J connectivity index is 4.28. The molecule has 1 atom stereocenters. The number of nitrogens with one attached hydrogen (secondary N) is 1. The van der Waals surface area contributed by atoms with Gasteiger partial charge in [0.25, 0.3) is 0 Å². The summed E-state index contributed by atoms with van der Waals surface area (Å²) in [6, 6.07) is -0.457. The molecule has 0 aliphatic heterocycles. The van der Waals surface area contributed by atoms with Crippen LogP contribution in [0.5, 0.6) is 0 Å². The Bertz CT molecular complexity index is 274. The van der Waals surface area contributed by atoms with E-state index in [1.165, 1.54) is 11.0 Å². The largest absolute Gasteiger partial charge is 0.357 e. The van der Waals surface area contributed by atoms with Crippen LogP contribution in [0.15, 0.2) is 12.2 Å². The first-order valence-corrected chi connectivity index (χ1v) is 5.19. The maximum absolute atomic E-state index is 11.6. The van der Waals surface area contributed by atoms with Crippen molar-refractivity contribution in [2.24, 2.45) is 0 Å². The van der Waals surface area contributed by atoms with Crippen LogP contribution in [-0.2, 0) is 9.59 Å². The van der Waals surface area contributed by atoms with E-state index in [0.29, 0.717) is 6.54 Å². The van der Waals surface area contributed by atoms with Crippen molar-refractivity contribution >= 4 is 11.8 Å². The standard InChI is InChI=1S/C11H21N3O2/c1-9(11(16)12-2)14(5)10(15)7-6-8-13(3)4/h6-7,9H,8H2,1-5H3,(H,12,16)/b7-6+. The van der Waals surface area contributed by atoms with Gasteiger partial charge in [0.05, 0.1) is 0 Å². The van der Waals surface area contributed by atoms with E-state index in [9.17, 15) is 9.59 Å². The molecule has 5 heteroatoms. The first kappa shape index (κ1) is 14.6. The number of carbonyl (C=O) groups excluding carboxylic acids is 2. The molecule has 0 saturated heterocycles. The summed E-state index contributed by atoms with van der Waals surface area (Å²) in [6.45, 7) is 2.39. The third-order valence-electron chi connectivity index (χ3n) is 2.29. The number of carbonyl (C=O) groups is 2. The van der Waals surface area contributed by atoms with Crippen molar-refractivity contribution < 1.29 is 9.59 Å². The molecule has 92 valence electrons. The van der Waals surface area contributed by atoms with Crippen molar-refractivity contribution in [1.82, 2.24) is 15.1 Å². The Morgan fingerprint density at radius 2 is 1.88 bits per heavy atom. The van der Waals surface area contributed by atoms with Gasteiger partial charge in [0.1, 0.15) is 6.04 Å². The van der Waals surface area contributed by atoms with E-state index in [1.807, 2.05) is 19.0 Å². The molecule has 0 aromatic rings. The van der Waals surface area contributed by atoms with Crippen LogP contribution < -0.4 is 5.32 Å². The summed E-state index contributed by atoms with van der Waals surface area (Å²) in [4.78, 5) is 26.3. The van der Waals surface area contributed by atoms with E-state index in [4.69, 9.17) is 0 Å². The van der Waals surface area contributed by atoms with Gasteiger partial charge in [-0.15, -0.1) is 0 Å². The summed E-state index contributed by atoms with van der Waals surface area (Å²) in [6.07, 6.45) is 3.26. The van der Waals surface area contributed by atoms with Crippen LogP contribution in [0, 0.1) is 0 Å². The lowest BCUT2D eigenvalue weighted by Gasteiger charge is -2.22. The molecule has 0 aromatic carbocycles. The average molecular weight is 227 g/mol. The topological polar surface area (TPSA) is 52.7 Å². The minimum atomic E-state index is -0.457. The van der Waals surface area contributed by atoms with E-state index >= 15 is 0 Å². The first-order chi connectivity index (χ1) is 7.40. The molecule has 0 radical (unpaired) electrons. The van der Waals surface area contributed by atoms with Gasteiger partial charge in [0.15, 0.2) is 0 Å². The first-order valence-electron chi connectivity index (χ1n) is 5.19. The molecule has 2 amide bonds. The maximum Gasteiger partial charge on any atom is 0.246 e. The minimum absolute atomic E-state index is 0.169. The van der Waals surface area contributed by atoms with Gasteiger partial charge in [0, 0.05) is 26.7 Å². The summed E-state index contributed by atoms with van der Waals surface area (Å²) in [5.41, 5.74) is 0. The fourth-order valence-electron chi connectivity index (χ4n) is 1.06. The van der Waals surface area contributed by atoms with Crippen molar-refractivity contribution in [3.63, 3.8) is 0 Å². The molecule has 0 bridgehead atoms. The van der Waals surface area contributed by atoms with Crippen molar-refractivity contribution in [1.29, 1.82) is 0 Å². The summed E-state index contributed by atoms with van der Waals surface area (Å²) < 4.78 is 0. The van der Waals surface area contributed by atoms with Gasteiger partial charge in [-0.05, 0) is 21.0 Å². The predicted molar refractivity (Wildman–Crippen MR) is 64.0 cm³/mol. The van der Waals surface area contributed by atoms with Gasteiger partial charge in [-0.25, -0.2) is 0 Å². The molecule has 0 aliphatic rings. The molecular weight excluding hydrogens is 206 g/mol. The zero-order valence-corrected chi connectivity index (χ0v) is 10.7. The highest BCUT2D eigenvalue weighted by molar-refractivity contribution is 5.92. The summed E-state index contributed by atoms with van der Waals surface area (Å²) in [5.74, 6) is -0.338. The monoisotopic (exact) mass is 227 g/mol. The number of nitrogens with zero attached hydrogens (tertiary/aromatic N) is 2. The summed E-state index contributed by atoms with van der Waals surface area (Å²) in [7, 11) is 7.01. The number of likely N-dealkylation sites (N-methyl/N-ethyl adjacent to an activating group) is 3. The predicted octanol–water partition coefficient (Wildman–Crippen LogP) is -0.303. The number of hydrogen-bond donors (Lipinski definition) is 1. The van der Waals surface area contributed by atoms with Crippen molar-refractivity contribution in [3.8, 4) is 0 Å². The van der Waals surface area contributed by atoms with E-state index in [2.05, 4.69) is 5.32 Å². The third-order valence-corrected chi connectivity index (χ3v) is 2.29.